The van der Waals surface area contributed by atoms with Gasteiger partial charge in [0, 0.05) is 32.5 Å². The lowest BCUT2D eigenvalue weighted by atomic mass is 10.2. The molecule has 0 aromatic heterocycles. The summed E-state index contributed by atoms with van der Waals surface area (Å²) >= 11 is 0. The zero-order valence-electron chi connectivity index (χ0n) is 8.09. The van der Waals surface area contributed by atoms with Crippen LogP contribution in [0.15, 0.2) is 0 Å². The van der Waals surface area contributed by atoms with Gasteiger partial charge in [-0.2, -0.15) is 0 Å². The van der Waals surface area contributed by atoms with Crippen molar-refractivity contribution in [2.75, 3.05) is 19.6 Å². The highest BCUT2D eigenvalue weighted by Crippen LogP contribution is 1.88. The average Bonchev–Trinajstić information content (AvgIpc) is 2.10. The Hall–Kier alpha value is -1.10. The Morgan fingerprint density at radius 1 is 1.31 bits per heavy atom. The summed E-state index contributed by atoms with van der Waals surface area (Å²) in [4.78, 5) is 21.5. The van der Waals surface area contributed by atoms with Crippen LogP contribution in [-0.2, 0) is 9.59 Å². The van der Waals surface area contributed by atoms with Crippen molar-refractivity contribution in [1.82, 2.24) is 10.6 Å². The van der Waals surface area contributed by atoms with Crippen molar-refractivity contribution in [1.29, 1.82) is 0 Å². The van der Waals surface area contributed by atoms with Crippen molar-refractivity contribution in [3.05, 3.63) is 0 Å². The molecule has 0 aliphatic rings. The lowest BCUT2D eigenvalue weighted by Gasteiger charge is -2.09. The number of amides is 2. The molecule has 0 rings (SSSR count). The maximum absolute atomic E-state index is 11.1. The van der Waals surface area contributed by atoms with Crippen LogP contribution < -0.4 is 16.4 Å². The minimum atomic E-state index is -0.169. The van der Waals surface area contributed by atoms with Gasteiger partial charge in [-0.3, -0.25) is 9.59 Å². The lowest BCUT2D eigenvalue weighted by molar-refractivity contribution is -0.124. The number of carbonyl (C=O) groups excluding carboxylic acids is 2. The van der Waals surface area contributed by atoms with E-state index in [4.69, 9.17) is 5.73 Å². The smallest absolute Gasteiger partial charge is 0.224 e. The summed E-state index contributed by atoms with van der Waals surface area (Å²) in [6, 6.07) is 0. The molecule has 0 aromatic carbocycles. The molecule has 5 heteroatoms. The quantitative estimate of drug-likeness (QED) is 0.474. The van der Waals surface area contributed by atoms with Gasteiger partial charge in [-0.15, -0.1) is 0 Å². The van der Waals surface area contributed by atoms with Gasteiger partial charge in [-0.1, -0.05) is 6.92 Å². The van der Waals surface area contributed by atoms with Crippen molar-refractivity contribution in [3.8, 4) is 0 Å². The number of rotatable bonds is 5. The van der Waals surface area contributed by atoms with Crippen LogP contribution in [0.5, 0.6) is 0 Å². The topological polar surface area (TPSA) is 84.2 Å². The van der Waals surface area contributed by atoms with E-state index in [1.165, 1.54) is 6.92 Å². The van der Waals surface area contributed by atoms with E-state index < -0.39 is 0 Å². The number of hydrogen-bond donors (Lipinski definition) is 3. The summed E-state index contributed by atoms with van der Waals surface area (Å²) in [5.41, 5.74) is 5.29. The first-order valence-corrected chi connectivity index (χ1v) is 4.30. The highest BCUT2D eigenvalue weighted by atomic mass is 16.2. The molecule has 1 atom stereocenters. The third-order valence-corrected chi connectivity index (χ3v) is 1.60. The van der Waals surface area contributed by atoms with E-state index in [0.29, 0.717) is 19.6 Å². The number of hydrogen-bond acceptors (Lipinski definition) is 3. The maximum atomic E-state index is 11.1. The molecule has 0 fully saturated rings. The molecule has 0 radical (unpaired) electrons. The van der Waals surface area contributed by atoms with Gasteiger partial charge < -0.3 is 16.4 Å². The van der Waals surface area contributed by atoms with Gasteiger partial charge in [0.1, 0.15) is 0 Å². The lowest BCUT2D eigenvalue weighted by Crippen LogP contribution is -2.38. The van der Waals surface area contributed by atoms with Crippen molar-refractivity contribution in [2.45, 2.75) is 13.8 Å². The molecule has 1 unspecified atom stereocenters. The van der Waals surface area contributed by atoms with Gasteiger partial charge in [0.05, 0.1) is 0 Å². The van der Waals surface area contributed by atoms with Gasteiger partial charge in [0.2, 0.25) is 11.8 Å². The van der Waals surface area contributed by atoms with Crippen molar-refractivity contribution in [3.63, 3.8) is 0 Å². The molecule has 0 saturated heterocycles. The SMILES string of the molecule is CC(=O)NCCNC(=O)C(C)CN. The second-order valence-corrected chi connectivity index (χ2v) is 2.91. The van der Waals surface area contributed by atoms with E-state index in [1.54, 1.807) is 6.92 Å². The monoisotopic (exact) mass is 187 g/mol. The standard InChI is InChI=1S/C8H17N3O2/c1-6(5-9)8(13)11-4-3-10-7(2)12/h6H,3-5,9H2,1-2H3,(H,10,12)(H,11,13). The number of carbonyl (C=O) groups is 2. The first kappa shape index (κ1) is 11.9. The van der Waals surface area contributed by atoms with E-state index >= 15 is 0 Å². The summed E-state index contributed by atoms with van der Waals surface area (Å²) < 4.78 is 0. The molecule has 0 aliphatic heterocycles. The second kappa shape index (κ2) is 6.42. The molecular formula is C8H17N3O2. The normalized spacial score (nSPS) is 11.9. The Bertz CT molecular complexity index is 182. The summed E-state index contributed by atoms with van der Waals surface area (Å²) in [5.74, 6) is -0.341. The second-order valence-electron chi connectivity index (χ2n) is 2.91. The van der Waals surface area contributed by atoms with Crippen LogP contribution in [-0.4, -0.2) is 31.4 Å². The predicted octanol–water partition coefficient (Wildman–Crippen LogP) is -1.17. The molecule has 4 N–H and O–H groups in total. The van der Waals surface area contributed by atoms with Crippen molar-refractivity contribution in [2.24, 2.45) is 11.7 Å². The average molecular weight is 187 g/mol. The van der Waals surface area contributed by atoms with Crippen LogP contribution in [0.3, 0.4) is 0 Å². The van der Waals surface area contributed by atoms with Gasteiger partial charge in [-0.25, -0.2) is 0 Å². The summed E-state index contributed by atoms with van der Waals surface area (Å²) in [6.45, 7) is 4.44. The zero-order chi connectivity index (χ0) is 10.3. The van der Waals surface area contributed by atoms with Gasteiger partial charge in [-0.05, 0) is 0 Å². The van der Waals surface area contributed by atoms with Crippen LogP contribution in [0.1, 0.15) is 13.8 Å². The van der Waals surface area contributed by atoms with Gasteiger partial charge in [0.15, 0.2) is 0 Å². The van der Waals surface area contributed by atoms with Crippen LogP contribution in [0.4, 0.5) is 0 Å². The largest absolute Gasteiger partial charge is 0.355 e. The highest BCUT2D eigenvalue weighted by molar-refractivity contribution is 5.78. The molecule has 0 aromatic rings. The summed E-state index contributed by atoms with van der Waals surface area (Å²) in [7, 11) is 0. The molecule has 0 heterocycles. The Morgan fingerprint density at radius 3 is 2.31 bits per heavy atom. The van der Waals surface area contributed by atoms with Crippen LogP contribution in [0, 0.1) is 5.92 Å². The van der Waals surface area contributed by atoms with E-state index in [-0.39, 0.29) is 17.7 Å². The Morgan fingerprint density at radius 2 is 1.85 bits per heavy atom. The molecule has 0 aliphatic carbocycles. The fourth-order valence-corrected chi connectivity index (χ4v) is 0.705. The van der Waals surface area contributed by atoms with E-state index in [9.17, 15) is 9.59 Å². The van der Waals surface area contributed by atoms with E-state index in [2.05, 4.69) is 10.6 Å². The van der Waals surface area contributed by atoms with Crippen molar-refractivity contribution >= 4 is 11.8 Å². The third-order valence-electron chi connectivity index (χ3n) is 1.60. The minimum Gasteiger partial charge on any atom is -0.355 e. The number of nitrogens with one attached hydrogen (secondary N) is 2. The molecular weight excluding hydrogens is 170 g/mol. The van der Waals surface area contributed by atoms with Gasteiger partial charge in [0.25, 0.3) is 0 Å². The van der Waals surface area contributed by atoms with Crippen LogP contribution >= 0.6 is 0 Å². The Kier molecular flexibility index (Phi) is 5.88. The molecule has 0 saturated carbocycles. The fraction of sp³-hybridized carbons (Fsp3) is 0.750. The Labute approximate surface area is 78.1 Å². The summed E-state index contributed by atoms with van der Waals surface area (Å²) in [5, 5.41) is 5.23. The molecule has 0 bridgehead atoms. The minimum absolute atomic E-state index is 0.0761. The number of nitrogens with two attached hydrogens (primary N) is 1. The fourth-order valence-electron chi connectivity index (χ4n) is 0.705. The van der Waals surface area contributed by atoms with E-state index in [0.717, 1.165) is 0 Å². The third kappa shape index (κ3) is 6.10. The zero-order valence-corrected chi connectivity index (χ0v) is 8.09. The molecule has 13 heavy (non-hydrogen) atoms. The first-order chi connectivity index (χ1) is 6.07. The molecule has 0 spiro atoms. The molecule has 2 amide bonds. The first-order valence-electron chi connectivity index (χ1n) is 4.30. The van der Waals surface area contributed by atoms with Crippen LogP contribution in [0.2, 0.25) is 0 Å². The van der Waals surface area contributed by atoms with E-state index in [1.807, 2.05) is 0 Å². The van der Waals surface area contributed by atoms with Crippen LogP contribution in [0.25, 0.3) is 0 Å². The maximum Gasteiger partial charge on any atom is 0.224 e. The van der Waals surface area contributed by atoms with Gasteiger partial charge >= 0.3 is 0 Å². The van der Waals surface area contributed by atoms with Crippen molar-refractivity contribution < 1.29 is 9.59 Å². The molecule has 76 valence electrons. The Balaban J connectivity index is 3.42. The highest BCUT2D eigenvalue weighted by Gasteiger charge is 2.08. The summed E-state index contributed by atoms with van der Waals surface area (Å²) in [6.07, 6.45) is 0. The molecule has 5 nitrogen and oxygen atoms in total. The predicted molar refractivity (Wildman–Crippen MR) is 49.9 cm³/mol.